The first-order chi connectivity index (χ1) is 20.5. The number of phenols is 1. The fourth-order valence-corrected chi connectivity index (χ4v) is 5.31. The summed E-state index contributed by atoms with van der Waals surface area (Å²) < 4.78 is 5.45. The summed E-state index contributed by atoms with van der Waals surface area (Å²) >= 11 is 6.17. The highest BCUT2D eigenvalue weighted by atomic mass is 35.5. The van der Waals surface area contributed by atoms with Crippen molar-refractivity contribution in [3.05, 3.63) is 76.5 Å². The molecule has 0 fully saturated rings. The zero-order valence-corrected chi connectivity index (χ0v) is 25.2. The number of fused-ring (bicyclic) bond motifs is 1. The van der Waals surface area contributed by atoms with Gasteiger partial charge in [-0.3, -0.25) is 19.2 Å². The number of H-pyrrole nitrogens is 1. The minimum Gasteiger partial charge on any atom is -0.506 e. The number of likely N-dealkylation sites (N-methyl/N-ethyl adjacent to an activating group) is 1. The van der Waals surface area contributed by atoms with Gasteiger partial charge in [-0.05, 0) is 56.0 Å². The number of hydrogen-bond donors (Lipinski definition) is 4. The van der Waals surface area contributed by atoms with E-state index in [2.05, 4.69) is 15.6 Å². The molecule has 1 aliphatic heterocycles. The van der Waals surface area contributed by atoms with Gasteiger partial charge in [0.1, 0.15) is 17.8 Å². The molecule has 0 unspecified atom stereocenters. The monoisotopic (exact) mass is 608 g/mol. The number of benzene rings is 2. The Hall–Kier alpha value is -4.31. The lowest BCUT2D eigenvalue weighted by Crippen LogP contribution is -2.54. The summed E-state index contributed by atoms with van der Waals surface area (Å²) in [5.74, 6) is -1.91. The molecule has 1 aliphatic rings. The molecule has 4 rings (SSSR count). The Balaban J connectivity index is 1.70. The molecule has 11 heteroatoms. The molecule has 0 aliphatic carbocycles. The number of hydrogen-bond acceptors (Lipinski definition) is 6. The number of allylic oxidation sites excluding steroid dienone is 1. The number of carbonyl (C=O) groups is 4. The van der Waals surface area contributed by atoms with E-state index in [0.717, 1.165) is 22.0 Å². The molecule has 1 aromatic heterocycles. The van der Waals surface area contributed by atoms with Crippen LogP contribution in [0.5, 0.6) is 5.75 Å². The Morgan fingerprint density at radius 2 is 1.84 bits per heavy atom. The van der Waals surface area contributed by atoms with Crippen LogP contribution in [0.4, 0.5) is 0 Å². The maximum absolute atomic E-state index is 14.0. The molecule has 0 spiro atoms. The van der Waals surface area contributed by atoms with E-state index in [1.54, 1.807) is 19.2 Å². The number of para-hydroxylation sites is 1. The first kappa shape index (κ1) is 31.6. The average Bonchev–Trinajstić information content (AvgIpc) is 3.39. The number of halogens is 1. The van der Waals surface area contributed by atoms with Crippen molar-refractivity contribution in [3.63, 3.8) is 0 Å². The Morgan fingerprint density at radius 1 is 1.07 bits per heavy atom. The van der Waals surface area contributed by atoms with Gasteiger partial charge in [0.15, 0.2) is 0 Å². The second kappa shape index (κ2) is 14.2. The molecule has 0 radical (unpaired) electrons. The van der Waals surface area contributed by atoms with Gasteiger partial charge in [-0.15, -0.1) is 0 Å². The second-order valence-electron chi connectivity index (χ2n) is 10.9. The van der Waals surface area contributed by atoms with Gasteiger partial charge in [-0.2, -0.15) is 0 Å². The van der Waals surface area contributed by atoms with E-state index in [9.17, 15) is 24.3 Å². The first-order valence-corrected chi connectivity index (χ1v) is 14.6. The number of rotatable bonds is 3. The van der Waals surface area contributed by atoms with Crippen LogP contribution in [-0.4, -0.2) is 64.4 Å². The summed E-state index contributed by atoms with van der Waals surface area (Å²) in [6.07, 6.45) is 4.83. The summed E-state index contributed by atoms with van der Waals surface area (Å²) in [4.78, 5) is 57.7. The van der Waals surface area contributed by atoms with E-state index < -0.39 is 35.9 Å². The minimum absolute atomic E-state index is 0.0624. The predicted molar refractivity (Wildman–Crippen MR) is 163 cm³/mol. The van der Waals surface area contributed by atoms with E-state index in [4.69, 9.17) is 16.3 Å². The van der Waals surface area contributed by atoms with Crippen molar-refractivity contribution >= 4 is 46.2 Å². The normalized spacial score (nSPS) is 23.0. The van der Waals surface area contributed by atoms with E-state index in [1.165, 1.54) is 24.1 Å². The smallest absolute Gasteiger partial charge is 0.308 e. The van der Waals surface area contributed by atoms with Crippen molar-refractivity contribution in [2.24, 2.45) is 0 Å². The van der Waals surface area contributed by atoms with Gasteiger partial charge in [0.25, 0.3) is 0 Å². The van der Waals surface area contributed by atoms with Crippen LogP contribution in [0, 0.1) is 0 Å². The van der Waals surface area contributed by atoms with Crippen molar-refractivity contribution < 1.29 is 29.0 Å². The van der Waals surface area contributed by atoms with Crippen LogP contribution in [0.25, 0.3) is 10.9 Å². The lowest BCUT2D eigenvalue weighted by atomic mass is 9.99. The maximum atomic E-state index is 14.0. The second-order valence-corrected chi connectivity index (χ2v) is 11.3. The van der Waals surface area contributed by atoms with Gasteiger partial charge < -0.3 is 30.4 Å². The zero-order chi connectivity index (χ0) is 31.1. The average molecular weight is 609 g/mol. The number of ether oxygens (including phenoxy) is 1. The molecular formula is C32H37ClN4O6. The number of amides is 3. The number of aromatic nitrogens is 1. The van der Waals surface area contributed by atoms with E-state index in [-0.39, 0.29) is 42.5 Å². The molecule has 3 atom stereocenters. The number of nitrogens with zero attached hydrogens (tertiary/aromatic N) is 1. The topological polar surface area (TPSA) is 141 Å². The van der Waals surface area contributed by atoms with Crippen LogP contribution < -0.4 is 10.6 Å². The fourth-order valence-electron chi connectivity index (χ4n) is 5.13. The third kappa shape index (κ3) is 8.16. The van der Waals surface area contributed by atoms with Crippen LogP contribution in [0.1, 0.15) is 56.7 Å². The van der Waals surface area contributed by atoms with Gasteiger partial charge in [0.05, 0.1) is 24.1 Å². The van der Waals surface area contributed by atoms with Crippen LogP contribution in [0.2, 0.25) is 5.02 Å². The third-order valence-electron chi connectivity index (χ3n) is 7.64. The van der Waals surface area contributed by atoms with Crippen LogP contribution in [-0.2, 0) is 30.3 Å². The maximum Gasteiger partial charge on any atom is 0.308 e. The summed E-state index contributed by atoms with van der Waals surface area (Å²) in [5.41, 5.74) is 3.15. The Kier molecular flexibility index (Phi) is 10.5. The summed E-state index contributed by atoms with van der Waals surface area (Å²) in [7, 11) is 1.52. The number of aromatic amines is 1. The lowest BCUT2D eigenvalue weighted by molar-refractivity contribution is -0.145. The van der Waals surface area contributed by atoms with Gasteiger partial charge >= 0.3 is 5.97 Å². The fraction of sp³-hybridized carbons (Fsp3) is 0.375. The lowest BCUT2D eigenvalue weighted by Gasteiger charge is -2.31. The molecule has 0 saturated heterocycles. The number of esters is 1. The number of phenolic OH excluding ortho intramolecular Hbond substituents is 1. The molecule has 228 valence electrons. The van der Waals surface area contributed by atoms with Crippen molar-refractivity contribution in [3.8, 4) is 5.75 Å². The van der Waals surface area contributed by atoms with Crippen molar-refractivity contribution in [1.82, 2.24) is 20.5 Å². The van der Waals surface area contributed by atoms with Gasteiger partial charge in [0, 0.05) is 37.0 Å². The SMILES string of the molecule is C/C1=C\CCOC(=O)C[C@H](c2ccc(O)c(Cl)c2)NC(=O)[C@@H](Cc2c[nH]c3ccccc23)N(C)C(=O)[C@H](C)NC(=O)CC1. The molecule has 10 nitrogen and oxygen atoms in total. The molecule has 3 amide bonds. The van der Waals surface area contributed by atoms with Crippen molar-refractivity contribution in [2.75, 3.05) is 13.7 Å². The number of nitrogens with one attached hydrogen (secondary N) is 3. The standard InChI is InChI=1S/C32H37ClN4O6/c1-19-7-6-14-43-30(40)17-26(21-11-12-28(38)24(33)15-21)36-31(41)27(16-22-18-34-25-9-5-4-8-23(22)25)37(3)32(42)20(2)35-29(39)13-10-19/h4-5,7-9,11-12,15,18,20,26-27,34,38H,6,10,13-14,16-17H2,1-3H3,(H,35,39)(H,36,41)/b19-7+/t20-,26+,27+/m0/s1. The minimum atomic E-state index is -0.999. The van der Waals surface area contributed by atoms with Crippen molar-refractivity contribution in [2.45, 2.75) is 64.1 Å². The Labute approximate surface area is 255 Å². The summed E-state index contributed by atoms with van der Waals surface area (Å²) in [6, 6.07) is 9.34. The molecule has 2 aromatic carbocycles. The van der Waals surface area contributed by atoms with E-state index >= 15 is 0 Å². The molecule has 4 N–H and O–H groups in total. The highest BCUT2D eigenvalue weighted by Gasteiger charge is 2.33. The van der Waals surface area contributed by atoms with Crippen LogP contribution in [0.15, 0.2) is 60.3 Å². The quantitative estimate of drug-likeness (QED) is 0.258. The first-order valence-electron chi connectivity index (χ1n) is 14.2. The molecule has 2 heterocycles. The van der Waals surface area contributed by atoms with Crippen molar-refractivity contribution in [1.29, 1.82) is 0 Å². The highest BCUT2D eigenvalue weighted by molar-refractivity contribution is 6.32. The van der Waals surface area contributed by atoms with Gasteiger partial charge in [-0.1, -0.05) is 47.5 Å². The number of cyclic esters (lactones) is 1. The summed E-state index contributed by atoms with van der Waals surface area (Å²) in [6.45, 7) is 3.62. The molecule has 0 bridgehead atoms. The highest BCUT2D eigenvalue weighted by Crippen LogP contribution is 2.29. The molecule has 43 heavy (non-hydrogen) atoms. The molecular weight excluding hydrogens is 572 g/mol. The van der Waals surface area contributed by atoms with E-state index in [0.29, 0.717) is 18.4 Å². The zero-order valence-electron chi connectivity index (χ0n) is 24.5. The Bertz CT molecular complexity index is 1530. The largest absolute Gasteiger partial charge is 0.506 e. The molecule has 0 saturated carbocycles. The van der Waals surface area contributed by atoms with Crippen LogP contribution >= 0.6 is 11.6 Å². The molecule has 3 aromatic rings. The Morgan fingerprint density at radius 3 is 2.60 bits per heavy atom. The van der Waals surface area contributed by atoms with Gasteiger partial charge in [0.2, 0.25) is 17.7 Å². The predicted octanol–water partition coefficient (Wildman–Crippen LogP) is 4.32. The number of carbonyl (C=O) groups excluding carboxylic acids is 4. The summed E-state index contributed by atoms with van der Waals surface area (Å²) in [5, 5.41) is 16.6. The third-order valence-corrected chi connectivity index (χ3v) is 7.94. The number of aromatic hydroxyl groups is 1. The van der Waals surface area contributed by atoms with E-state index in [1.807, 2.05) is 37.3 Å². The van der Waals surface area contributed by atoms with Gasteiger partial charge in [-0.25, -0.2) is 0 Å². The van der Waals surface area contributed by atoms with Crippen LogP contribution in [0.3, 0.4) is 0 Å².